The molecule has 1 atom stereocenters. The predicted molar refractivity (Wildman–Crippen MR) is 90.5 cm³/mol. The van der Waals surface area contributed by atoms with Gasteiger partial charge in [-0.25, -0.2) is 4.79 Å². The monoisotopic (exact) mass is 310 g/mol. The Morgan fingerprint density at radius 3 is 2.48 bits per heavy atom. The third-order valence-electron chi connectivity index (χ3n) is 3.77. The summed E-state index contributed by atoms with van der Waals surface area (Å²) in [6.07, 6.45) is 4.38. The summed E-state index contributed by atoms with van der Waals surface area (Å²) in [5.41, 5.74) is 0. The lowest BCUT2D eigenvalue weighted by molar-refractivity contribution is -0.136. The molecule has 0 saturated carbocycles. The third kappa shape index (κ3) is 8.08. The van der Waals surface area contributed by atoms with Crippen LogP contribution in [-0.2, 0) is 14.0 Å². The minimum atomic E-state index is -1.77. The quantitative estimate of drug-likeness (QED) is 0.176. The first-order chi connectivity index (χ1) is 9.64. The first kappa shape index (κ1) is 19.9. The maximum atomic E-state index is 11.1. The number of ether oxygens (including phenoxy) is 1. The third-order valence-corrected chi connectivity index (χ3v) is 8.28. The van der Waals surface area contributed by atoms with Crippen molar-refractivity contribution in [1.82, 2.24) is 0 Å². The Morgan fingerprint density at radius 2 is 2.00 bits per heavy atom. The Balaban J connectivity index is 4.24. The normalized spacial score (nSPS) is 13.0. The maximum Gasteiger partial charge on any atom is 0.384 e. The van der Waals surface area contributed by atoms with Gasteiger partial charge in [0.05, 0.1) is 12.7 Å². The molecule has 3 nitrogen and oxygen atoms in total. The number of hydrogen-bond donors (Lipinski definition) is 0. The van der Waals surface area contributed by atoms with Gasteiger partial charge < -0.3 is 9.16 Å². The highest BCUT2D eigenvalue weighted by Crippen LogP contribution is 2.37. The van der Waals surface area contributed by atoms with Crippen LogP contribution in [0.25, 0.3) is 0 Å². The fraction of sp³-hybridized carbons (Fsp3) is 0.706. The average Bonchev–Trinajstić information content (AvgIpc) is 2.35. The molecule has 0 aliphatic rings. The minimum absolute atomic E-state index is 0.0651. The fourth-order valence-corrected chi connectivity index (χ4v) is 2.80. The van der Waals surface area contributed by atoms with Crippen molar-refractivity contribution in [2.75, 3.05) is 6.61 Å². The summed E-state index contributed by atoms with van der Waals surface area (Å²) in [5.74, 6) is 4.87. The molecule has 0 rings (SSSR count). The highest BCUT2D eigenvalue weighted by molar-refractivity contribution is 6.74. The molecule has 0 aromatic rings. The lowest BCUT2D eigenvalue weighted by Gasteiger charge is -2.38. The van der Waals surface area contributed by atoms with Crippen molar-refractivity contribution < 1.29 is 14.0 Å². The molecule has 0 aliphatic carbocycles. The molecular formula is C17H30O3Si. The SMILES string of the molecule is C=CC(CCCC#CC(=O)OCC)O[Si](C)(C)C(C)(C)C. The zero-order chi connectivity index (χ0) is 16.5. The Labute approximate surface area is 131 Å². The van der Waals surface area contributed by atoms with Crippen LogP contribution in [0, 0.1) is 11.8 Å². The van der Waals surface area contributed by atoms with Crippen molar-refractivity contribution >= 4 is 14.3 Å². The Bertz CT molecular complexity index is 396. The molecule has 0 aromatic heterocycles. The molecule has 0 fully saturated rings. The van der Waals surface area contributed by atoms with Crippen LogP contribution < -0.4 is 0 Å². The summed E-state index contributed by atoms with van der Waals surface area (Å²) in [4.78, 5) is 11.1. The van der Waals surface area contributed by atoms with Crippen molar-refractivity contribution in [3.63, 3.8) is 0 Å². The van der Waals surface area contributed by atoms with Crippen molar-refractivity contribution in [2.24, 2.45) is 0 Å². The predicted octanol–water partition coefficient (Wildman–Crippen LogP) is 4.30. The summed E-state index contributed by atoms with van der Waals surface area (Å²) in [7, 11) is -1.77. The van der Waals surface area contributed by atoms with Crippen LogP contribution in [0.2, 0.25) is 18.1 Å². The van der Waals surface area contributed by atoms with Gasteiger partial charge in [-0.2, -0.15) is 0 Å². The molecule has 0 aromatic carbocycles. The first-order valence-corrected chi connectivity index (χ1v) is 10.5. The van der Waals surface area contributed by atoms with Gasteiger partial charge in [-0.05, 0) is 37.9 Å². The zero-order valence-electron chi connectivity index (χ0n) is 14.4. The number of rotatable bonds is 7. The van der Waals surface area contributed by atoms with Crippen molar-refractivity contribution in [3.8, 4) is 11.8 Å². The van der Waals surface area contributed by atoms with E-state index in [0.29, 0.717) is 13.0 Å². The van der Waals surface area contributed by atoms with E-state index in [1.165, 1.54) is 0 Å². The molecule has 4 heteroatoms. The molecular weight excluding hydrogens is 280 g/mol. The van der Waals surface area contributed by atoms with Gasteiger partial charge in [0.25, 0.3) is 0 Å². The lowest BCUT2D eigenvalue weighted by Crippen LogP contribution is -2.43. The molecule has 1 unspecified atom stereocenters. The maximum absolute atomic E-state index is 11.1. The van der Waals surface area contributed by atoms with E-state index in [9.17, 15) is 4.79 Å². The van der Waals surface area contributed by atoms with Crippen LogP contribution in [-0.4, -0.2) is 27.0 Å². The van der Waals surface area contributed by atoms with Gasteiger partial charge in [-0.15, -0.1) is 6.58 Å². The molecule has 0 radical (unpaired) electrons. The summed E-state index contributed by atoms with van der Waals surface area (Å²) < 4.78 is 11.0. The highest BCUT2D eigenvalue weighted by atomic mass is 28.4. The summed E-state index contributed by atoms with van der Waals surface area (Å²) in [6, 6.07) is 0. The second kappa shape index (κ2) is 9.06. The fourth-order valence-electron chi connectivity index (χ4n) is 1.47. The second-order valence-corrected chi connectivity index (χ2v) is 11.3. The Kier molecular flexibility index (Phi) is 8.61. The molecule has 0 amide bonds. The van der Waals surface area contributed by atoms with E-state index < -0.39 is 14.3 Å². The van der Waals surface area contributed by atoms with Crippen molar-refractivity contribution in [3.05, 3.63) is 12.7 Å². The van der Waals surface area contributed by atoms with Crippen LogP contribution in [0.15, 0.2) is 12.7 Å². The van der Waals surface area contributed by atoms with E-state index in [-0.39, 0.29) is 11.1 Å². The number of carbonyl (C=O) groups excluding carboxylic acids is 1. The van der Waals surface area contributed by atoms with Gasteiger partial charge in [0.1, 0.15) is 0 Å². The number of unbranched alkanes of at least 4 members (excludes halogenated alkanes) is 1. The molecule has 0 aliphatic heterocycles. The van der Waals surface area contributed by atoms with Gasteiger partial charge in [-0.3, -0.25) is 0 Å². The molecule has 21 heavy (non-hydrogen) atoms. The van der Waals surface area contributed by atoms with E-state index in [0.717, 1.165) is 12.8 Å². The number of carbonyl (C=O) groups is 1. The topological polar surface area (TPSA) is 35.5 Å². The molecule has 0 heterocycles. The molecule has 0 saturated heterocycles. The zero-order valence-corrected chi connectivity index (χ0v) is 15.4. The van der Waals surface area contributed by atoms with Crippen LogP contribution in [0.4, 0.5) is 0 Å². The van der Waals surface area contributed by atoms with Crippen LogP contribution in [0.3, 0.4) is 0 Å². The minimum Gasteiger partial charge on any atom is -0.456 e. The van der Waals surface area contributed by atoms with E-state index >= 15 is 0 Å². The second-order valence-electron chi connectivity index (χ2n) is 6.57. The number of hydrogen-bond acceptors (Lipinski definition) is 3. The van der Waals surface area contributed by atoms with Crippen molar-refractivity contribution in [2.45, 2.75) is 71.2 Å². The van der Waals surface area contributed by atoms with Crippen LogP contribution >= 0.6 is 0 Å². The molecule has 120 valence electrons. The van der Waals surface area contributed by atoms with E-state index in [1.807, 2.05) is 6.08 Å². The highest BCUT2D eigenvalue weighted by Gasteiger charge is 2.38. The summed E-state index contributed by atoms with van der Waals surface area (Å²) in [5, 5.41) is 0.192. The van der Waals surface area contributed by atoms with Gasteiger partial charge >= 0.3 is 5.97 Å². The van der Waals surface area contributed by atoms with E-state index in [4.69, 9.17) is 9.16 Å². The number of esters is 1. The standard InChI is InChI=1S/C17H30O3Si/c1-8-15(20-21(6,7)17(3,4)5)13-11-10-12-14-16(18)19-9-2/h8,15H,1,9-11,13H2,2-7H3. The van der Waals surface area contributed by atoms with Gasteiger partial charge in [0.2, 0.25) is 0 Å². The van der Waals surface area contributed by atoms with Crippen molar-refractivity contribution in [1.29, 1.82) is 0 Å². The van der Waals surface area contributed by atoms with Gasteiger partial charge in [0.15, 0.2) is 8.32 Å². The summed E-state index contributed by atoms with van der Waals surface area (Å²) in [6.45, 7) is 17.2. The molecule has 0 bridgehead atoms. The van der Waals surface area contributed by atoms with Crippen LogP contribution in [0.5, 0.6) is 0 Å². The van der Waals surface area contributed by atoms with Crippen LogP contribution in [0.1, 0.15) is 47.0 Å². The Morgan fingerprint density at radius 1 is 1.38 bits per heavy atom. The largest absolute Gasteiger partial charge is 0.456 e. The Hall–Kier alpha value is -1.05. The smallest absolute Gasteiger partial charge is 0.384 e. The van der Waals surface area contributed by atoms with Gasteiger partial charge in [0, 0.05) is 12.3 Å². The average molecular weight is 311 g/mol. The van der Waals surface area contributed by atoms with Gasteiger partial charge in [-0.1, -0.05) is 32.8 Å². The first-order valence-electron chi connectivity index (χ1n) is 7.60. The summed E-state index contributed by atoms with van der Waals surface area (Å²) >= 11 is 0. The molecule has 0 N–H and O–H groups in total. The lowest BCUT2D eigenvalue weighted by atomic mass is 10.1. The molecule has 0 spiro atoms. The van der Waals surface area contributed by atoms with E-state index in [1.54, 1.807) is 6.92 Å². The van der Waals surface area contributed by atoms with E-state index in [2.05, 4.69) is 52.3 Å².